The molecule has 1 aromatic carbocycles. The summed E-state index contributed by atoms with van der Waals surface area (Å²) in [6, 6.07) is 13.5. The molecular formula is C17H22N2. The first-order valence-electron chi connectivity index (χ1n) is 6.89. The van der Waals surface area contributed by atoms with Gasteiger partial charge in [-0.15, -0.1) is 0 Å². The van der Waals surface area contributed by atoms with Gasteiger partial charge in [0.15, 0.2) is 0 Å². The predicted molar refractivity (Wildman–Crippen MR) is 80.3 cm³/mol. The topological polar surface area (TPSA) is 24.9 Å². The molecule has 0 fully saturated rings. The molecule has 0 aliphatic heterocycles. The minimum absolute atomic E-state index is 0.517. The highest BCUT2D eigenvalue weighted by Gasteiger charge is 2.07. The lowest BCUT2D eigenvalue weighted by atomic mass is 9.99. The normalized spacial score (nSPS) is 12.3. The molecule has 1 N–H and O–H groups in total. The van der Waals surface area contributed by atoms with Crippen LogP contribution in [0.25, 0.3) is 0 Å². The molecule has 1 atom stereocenters. The number of benzene rings is 1. The van der Waals surface area contributed by atoms with Gasteiger partial charge in [-0.1, -0.05) is 29.8 Å². The third-order valence-corrected chi connectivity index (χ3v) is 3.54. The van der Waals surface area contributed by atoms with Crippen molar-refractivity contribution in [2.45, 2.75) is 32.2 Å². The highest BCUT2D eigenvalue weighted by molar-refractivity contribution is 5.21. The fourth-order valence-electron chi connectivity index (χ4n) is 2.25. The van der Waals surface area contributed by atoms with Gasteiger partial charge in [0.05, 0.1) is 0 Å². The largest absolute Gasteiger partial charge is 0.317 e. The van der Waals surface area contributed by atoms with E-state index in [-0.39, 0.29) is 0 Å². The zero-order valence-corrected chi connectivity index (χ0v) is 11.8. The Labute approximate surface area is 115 Å². The van der Waals surface area contributed by atoms with Crippen molar-refractivity contribution >= 4 is 0 Å². The summed E-state index contributed by atoms with van der Waals surface area (Å²) in [6.45, 7) is 2.13. The van der Waals surface area contributed by atoms with Crippen LogP contribution in [0.15, 0.2) is 48.8 Å². The first-order valence-corrected chi connectivity index (χ1v) is 6.89. The van der Waals surface area contributed by atoms with Crippen molar-refractivity contribution in [3.63, 3.8) is 0 Å². The zero-order valence-electron chi connectivity index (χ0n) is 11.8. The number of hydrogen-bond donors (Lipinski definition) is 1. The molecule has 0 aliphatic carbocycles. The van der Waals surface area contributed by atoms with Crippen LogP contribution in [0.3, 0.4) is 0 Å². The first-order chi connectivity index (χ1) is 9.28. The molecule has 100 valence electrons. The van der Waals surface area contributed by atoms with Gasteiger partial charge in [-0.25, -0.2) is 0 Å². The zero-order chi connectivity index (χ0) is 13.5. The fraction of sp³-hybridized carbons (Fsp3) is 0.353. The van der Waals surface area contributed by atoms with Crippen LogP contribution in [0.4, 0.5) is 0 Å². The first kappa shape index (κ1) is 13.8. The van der Waals surface area contributed by atoms with Crippen molar-refractivity contribution in [1.82, 2.24) is 10.3 Å². The lowest BCUT2D eigenvalue weighted by Gasteiger charge is -2.16. The Morgan fingerprint density at radius 2 is 1.68 bits per heavy atom. The molecule has 0 aliphatic rings. The molecule has 0 bridgehead atoms. The number of nitrogens with one attached hydrogen (secondary N) is 1. The quantitative estimate of drug-likeness (QED) is 0.856. The van der Waals surface area contributed by atoms with Crippen molar-refractivity contribution in [2.24, 2.45) is 0 Å². The summed E-state index contributed by atoms with van der Waals surface area (Å²) in [5.41, 5.74) is 4.09. The SMILES string of the molecule is CNC(CCc1ccc(C)cc1)Cc1ccncc1. The summed E-state index contributed by atoms with van der Waals surface area (Å²) >= 11 is 0. The molecule has 2 heteroatoms. The van der Waals surface area contributed by atoms with Crippen molar-refractivity contribution in [3.05, 3.63) is 65.5 Å². The van der Waals surface area contributed by atoms with Crippen LogP contribution in [-0.2, 0) is 12.8 Å². The second-order valence-electron chi connectivity index (χ2n) is 5.07. The predicted octanol–water partition coefficient (Wildman–Crippen LogP) is 3.15. The number of pyridine rings is 1. The smallest absolute Gasteiger partial charge is 0.0270 e. The van der Waals surface area contributed by atoms with Crippen LogP contribution in [0, 0.1) is 6.92 Å². The second-order valence-corrected chi connectivity index (χ2v) is 5.07. The van der Waals surface area contributed by atoms with Gasteiger partial charge in [-0.2, -0.15) is 0 Å². The van der Waals surface area contributed by atoms with E-state index in [1.165, 1.54) is 16.7 Å². The van der Waals surface area contributed by atoms with Crippen LogP contribution in [0.2, 0.25) is 0 Å². The lowest BCUT2D eigenvalue weighted by Crippen LogP contribution is -2.28. The third-order valence-electron chi connectivity index (χ3n) is 3.54. The Balaban J connectivity index is 1.87. The average molecular weight is 254 g/mol. The second kappa shape index (κ2) is 7.05. The maximum Gasteiger partial charge on any atom is 0.0270 e. The number of aromatic nitrogens is 1. The van der Waals surface area contributed by atoms with Crippen LogP contribution < -0.4 is 5.32 Å². The van der Waals surface area contributed by atoms with Gasteiger partial charge in [0.2, 0.25) is 0 Å². The van der Waals surface area contributed by atoms with E-state index in [9.17, 15) is 0 Å². The molecule has 1 heterocycles. The standard InChI is InChI=1S/C17H22N2/c1-14-3-5-15(6-4-14)7-8-17(18-2)13-16-9-11-19-12-10-16/h3-6,9-12,17-18H,7-8,13H2,1-2H3. The molecule has 2 rings (SSSR count). The number of rotatable bonds is 6. The molecule has 0 saturated heterocycles. The van der Waals surface area contributed by atoms with Gasteiger partial charge < -0.3 is 5.32 Å². The van der Waals surface area contributed by atoms with Gasteiger partial charge in [-0.3, -0.25) is 4.98 Å². The molecule has 0 amide bonds. The number of nitrogens with zero attached hydrogens (tertiary/aromatic N) is 1. The van der Waals surface area contributed by atoms with Crippen molar-refractivity contribution < 1.29 is 0 Å². The summed E-state index contributed by atoms with van der Waals surface area (Å²) in [4.78, 5) is 4.06. The number of likely N-dealkylation sites (N-methyl/N-ethyl adjacent to an activating group) is 1. The Morgan fingerprint density at radius 3 is 2.32 bits per heavy atom. The summed E-state index contributed by atoms with van der Waals surface area (Å²) in [5.74, 6) is 0. The fourth-order valence-corrected chi connectivity index (χ4v) is 2.25. The van der Waals surface area contributed by atoms with E-state index in [0.29, 0.717) is 6.04 Å². The monoisotopic (exact) mass is 254 g/mol. The van der Waals surface area contributed by atoms with E-state index in [0.717, 1.165) is 19.3 Å². The molecule has 0 radical (unpaired) electrons. The number of aryl methyl sites for hydroxylation is 2. The maximum atomic E-state index is 4.06. The van der Waals surface area contributed by atoms with Crippen LogP contribution >= 0.6 is 0 Å². The summed E-state index contributed by atoms with van der Waals surface area (Å²) in [5, 5.41) is 3.41. The van der Waals surface area contributed by atoms with E-state index in [4.69, 9.17) is 0 Å². The minimum Gasteiger partial charge on any atom is -0.317 e. The van der Waals surface area contributed by atoms with E-state index in [1.807, 2.05) is 19.4 Å². The van der Waals surface area contributed by atoms with Crippen LogP contribution in [-0.4, -0.2) is 18.1 Å². The maximum absolute atomic E-state index is 4.06. The van der Waals surface area contributed by atoms with E-state index >= 15 is 0 Å². The Hall–Kier alpha value is -1.67. The molecule has 1 unspecified atom stereocenters. The van der Waals surface area contributed by atoms with Gasteiger partial charge >= 0.3 is 0 Å². The van der Waals surface area contributed by atoms with E-state index in [1.54, 1.807) is 0 Å². The molecule has 0 saturated carbocycles. The van der Waals surface area contributed by atoms with Gasteiger partial charge in [0, 0.05) is 18.4 Å². The minimum atomic E-state index is 0.517. The molecular weight excluding hydrogens is 232 g/mol. The molecule has 2 nitrogen and oxygen atoms in total. The third kappa shape index (κ3) is 4.49. The van der Waals surface area contributed by atoms with Crippen molar-refractivity contribution in [3.8, 4) is 0 Å². The average Bonchev–Trinajstić information content (AvgIpc) is 2.46. The van der Waals surface area contributed by atoms with Gasteiger partial charge in [0.1, 0.15) is 0 Å². The lowest BCUT2D eigenvalue weighted by molar-refractivity contribution is 0.520. The van der Waals surface area contributed by atoms with Gasteiger partial charge in [0.25, 0.3) is 0 Å². The van der Waals surface area contributed by atoms with Crippen LogP contribution in [0.5, 0.6) is 0 Å². The molecule has 1 aromatic heterocycles. The highest BCUT2D eigenvalue weighted by Crippen LogP contribution is 2.10. The number of hydrogen-bond acceptors (Lipinski definition) is 2. The van der Waals surface area contributed by atoms with E-state index in [2.05, 4.69) is 53.6 Å². The summed E-state index contributed by atoms with van der Waals surface area (Å²) in [7, 11) is 2.04. The molecule has 0 spiro atoms. The summed E-state index contributed by atoms with van der Waals surface area (Å²) < 4.78 is 0. The van der Waals surface area contributed by atoms with Crippen molar-refractivity contribution in [1.29, 1.82) is 0 Å². The highest BCUT2D eigenvalue weighted by atomic mass is 14.9. The Morgan fingerprint density at radius 1 is 1.00 bits per heavy atom. The Bertz CT molecular complexity index is 476. The van der Waals surface area contributed by atoms with Crippen LogP contribution in [0.1, 0.15) is 23.1 Å². The summed E-state index contributed by atoms with van der Waals surface area (Å²) in [6.07, 6.45) is 7.06. The van der Waals surface area contributed by atoms with Gasteiger partial charge in [-0.05, 0) is 56.5 Å². The Kier molecular flexibility index (Phi) is 5.10. The van der Waals surface area contributed by atoms with Crippen molar-refractivity contribution in [2.75, 3.05) is 7.05 Å². The molecule has 19 heavy (non-hydrogen) atoms. The van der Waals surface area contributed by atoms with E-state index < -0.39 is 0 Å². The molecule has 2 aromatic rings.